The summed E-state index contributed by atoms with van der Waals surface area (Å²) in [5.74, 6) is 0.540. The number of carbonyl (C=O) groups excluding carboxylic acids is 1. The van der Waals surface area contributed by atoms with Crippen molar-refractivity contribution >= 4 is 17.8 Å². The van der Waals surface area contributed by atoms with Gasteiger partial charge in [-0.15, -0.1) is 6.58 Å². The minimum Gasteiger partial charge on any atom is -0.493 e. The Labute approximate surface area is 211 Å². The van der Waals surface area contributed by atoms with Gasteiger partial charge in [-0.2, -0.15) is 5.10 Å². The van der Waals surface area contributed by atoms with E-state index in [0.29, 0.717) is 23.5 Å². The first-order valence-electron chi connectivity index (χ1n) is 11.9. The zero-order valence-corrected chi connectivity index (χ0v) is 20.4. The number of hydrogen-bond donors (Lipinski definition) is 1. The van der Waals surface area contributed by atoms with Crippen LogP contribution in [0.1, 0.15) is 39.9 Å². The molecule has 7 heteroatoms. The molecule has 0 radical (unpaired) electrons. The fourth-order valence-electron chi connectivity index (χ4n) is 4.15. The Morgan fingerprint density at radius 1 is 1.11 bits per heavy atom. The van der Waals surface area contributed by atoms with Crippen LogP contribution in [0.3, 0.4) is 0 Å². The molecule has 186 valence electrons. The number of amides is 1. The Hall–Kier alpha value is -4.13. The van der Waals surface area contributed by atoms with Crippen LogP contribution in [0, 0.1) is 5.82 Å². The summed E-state index contributed by atoms with van der Waals surface area (Å²) in [5, 5.41) is 4.13. The molecule has 1 fully saturated rings. The van der Waals surface area contributed by atoms with Crippen molar-refractivity contribution in [2.45, 2.75) is 25.9 Å². The van der Waals surface area contributed by atoms with Crippen molar-refractivity contribution < 1.29 is 18.7 Å². The lowest BCUT2D eigenvalue weighted by Gasteiger charge is -2.17. The highest BCUT2D eigenvalue weighted by atomic mass is 19.1. The van der Waals surface area contributed by atoms with E-state index in [1.165, 1.54) is 25.0 Å². The van der Waals surface area contributed by atoms with E-state index in [9.17, 15) is 9.18 Å². The van der Waals surface area contributed by atoms with Crippen molar-refractivity contribution in [3.05, 3.63) is 101 Å². The largest absolute Gasteiger partial charge is 0.493 e. The molecule has 3 aromatic rings. The number of hydrazone groups is 1. The number of ether oxygens (including phenoxy) is 2. The molecule has 3 aromatic carbocycles. The van der Waals surface area contributed by atoms with Gasteiger partial charge in [-0.3, -0.25) is 4.79 Å². The molecule has 1 heterocycles. The minimum absolute atomic E-state index is 0.265. The summed E-state index contributed by atoms with van der Waals surface area (Å²) in [7, 11) is 1.56. The summed E-state index contributed by atoms with van der Waals surface area (Å²) in [5.41, 5.74) is 6.70. The van der Waals surface area contributed by atoms with Crippen LogP contribution in [0.2, 0.25) is 0 Å². The summed E-state index contributed by atoms with van der Waals surface area (Å²) >= 11 is 0. The first-order chi connectivity index (χ1) is 17.6. The first kappa shape index (κ1) is 25.0. The Kier molecular flexibility index (Phi) is 8.34. The summed E-state index contributed by atoms with van der Waals surface area (Å²) in [4.78, 5) is 14.9. The fraction of sp³-hybridized carbons (Fsp3) is 0.241. The van der Waals surface area contributed by atoms with Gasteiger partial charge in [0, 0.05) is 29.9 Å². The van der Waals surface area contributed by atoms with Crippen molar-refractivity contribution in [3.63, 3.8) is 0 Å². The molecule has 36 heavy (non-hydrogen) atoms. The molecule has 1 N–H and O–H groups in total. The Balaban J connectivity index is 1.43. The van der Waals surface area contributed by atoms with Crippen molar-refractivity contribution in [2.24, 2.45) is 5.10 Å². The maximum absolute atomic E-state index is 13.2. The van der Waals surface area contributed by atoms with Gasteiger partial charge in [0.2, 0.25) is 0 Å². The van der Waals surface area contributed by atoms with Crippen molar-refractivity contribution in [3.8, 4) is 11.5 Å². The molecule has 0 spiro atoms. The van der Waals surface area contributed by atoms with Gasteiger partial charge in [0.25, 0.3) is 5.91 Å². The number of halogens is 1. The maximum Gasteiger partial charge on any atom is 0.271 e. The normalized spacial score (nSPS) is 13.1. The Bertz CT molecular complexity index is 1220. The molecule has 0 saturated carbocycles. The van der Waals surface area contributed by atoms with Crippen LogP contribution < -0.4 is 19.8 Å². The number of allylic oxidation sites excluding steroid dienone is 1. The number of anilines is 1. The first-order valence-corrected chi connectivity index (χ1v) is 11.9. The van der Waals surface area contributed by atoms with Gasteiger partial charge >= 0.3 is 0 Å². The van der Waals surface area contributed by atoms with Crippen LogP contribution >= 0.6 is 0 Å². The van der Waals surface area contributed by atoms with Crippen LogP contribution in [0.15, 0.2) is 78.4 Å². The van der Waals surface area contributed by atoms with Crippen molar-refractivity contribution in [2.75, 3.05) is 25.1 Å². The third-order valence-corrected chi connectivity index (χ3v) is 6.02. The molecular weight excluding hydrogens is 457 g/mol. The van der Waals surface area contributed by atoms with E-state index < -0.39 is 0 Å². The highest BCUT2D eigenvalue weighted by Crippen LogP contribution is 2.34. The number of methoxy groups -OCH3 is 1. The molecule has 1 saturated heterocycles. The zero-order chi connectivity index (χ0) is 25.3. The van der Waals surface area contributed by atoms with Crippen LogP contribution in [-0.2, 0) is 13.0 Å². The van der Waals surface area contributed by atoms with E-state index in [1.807, 2.05) is 30.3 Å². The smallest absolute Gasteiger partial charge is 0.271 e. The quantitative estimate of drug-likeness (QED) is 0.233. The number of nitrogens with one attached hydrogen (secondary N) is 1. The second kappa shape index (κ2) is 12.0. The summed E-state index contributed by atoms with van der Waals surface area (Å²) in [6, 6.07) is 17.4. The molecule has 0 aromatic heterocycles. The third kappa shape index (κ3) is 6.30. The van der Waals surface area contributed by atoms with Gasteiger partial charge < -0.3 is 14.4 Å². The molecule has 1 aliphatic rings. The van der Waals surface area contributed by atoms with Crippen LogP contribution in [0.5, 0.6) is 11.5 Å². The van der Waals surface area contributed by atoms with E-state index in [-0.39, 0.29) is 18.3 Å². The van der Waals surface area contributed by atoms with E-state index in [0.717, 1.165) is 35.5 Å². The molecule has 1 amide bonds. The average molecular weight is 488 g/mol. The summed E-state index contributed by atoms with van der Waals surface area (Å²) in [6.45, 7) is 6.21. The highest BCUT2D eigenvalue weighted by Gasteiger charge is 2.14. The second-order valence-electron chi connectivity index (χ2n) is 8.56. The molecule has 1 aliphatic heterocycles. The number of benzene rings is 3. The van der Waals surface area contributed by atoms with Crippen molar-refractivity contribution in [1.29, 1.82) is 0 Å². The molecule has 0 atom stereocenters. The van der Waals surface area contributed by atoms with Crippen molar-refractivity contribution in [1.82, 2.24) is 5.43 Å². The predicted molar refractivity (Wildman–Crippen MR) is 141 cm³/mol. The Morgan fingerprint density at radius 2 is 1.83 bits per heavy atom. The number of rotatable bonds is 10. The van der Waals surface area contributed by atoms with E-state index in [2.05, 4.69) is 22.0 Å². The lowest BCUT2D eigenvalue weighted by atomic mass is 10.1. The highest BCUT2D eigenvalue weighted by molar-refractivity contribution is 5.95. The van der Waals surface area contributed by atoms with Crippen LogP contribution in [-0.4, -0.2) is 32.3 Å². The van der Waals surface area contributed by atoms with Crippen LogP contribution in [0.4, 0.5) is 10.1 Å². The molecule has 6 nitrogen and oxygen atoms in total. The van der Waals surface area contributed by atoms with E-state index >= 15 is 0 Å². The Morgan fingerprint density at radius 3 is 2.50 bits per heavy atom. The average Bonchev–Trinajstić information content (AvgIpc) is 3.44. The SMILES string of the molecule is C=CCc1cc(/C=N\NC(=O)c2ccc(N3CCCC3)cc2)cc(OC)c1OCc1ccc(F)cc1. The van der Waals surface area contributed by atoms with Gasteiger partial charge in [-0.05, 0) is 78.9 Å². The van der Waals surface area contributed by atoms with Gasteiger partial charge in [0.1, 0.15) is 12.4 Å². The fourth-order valence-corrected chi connectivity index (χ4v) is 4.15. The second-order valence-corrected chi connectivity index (χ2v) is 8.56. The molecule has 0 aliphatic carbocycles. The number of nitrogens with zero attached hydrogens (tertiary/aromatic N) is 2. The summed E-state index contributed by atoms with van der Waals surface area (Å²) < 4.78 is 24.8. The minimum atomic E-state index is -0.293. The lowest BCUT2D eigenvalue weighted by molar-refractivity contribution is 0.0955. The monoisotopic (exact) mass is 487 g/mol. The van der Waals surface area contributed by atoms with Gasteiger partial charge in [0.15, 0.2) is 11.5 Å². The standard InChI is InChI=1S/C29H30FN3O3/c1-3-6-24-17-22(18-27(35-2)28(24)36-20-21-7-11-25(30)12-8-21)19-31-32-29(34)23-9-13-26(14-10-23)33-15-4-5-16-33/h3,7-14,17-19H,1,4-6,15-16,20H2,2H3,(H,32,34)/b31-19-. The molecular formula is C29H30FN3O3. The number of hydrogen-bond acceptors (Lipinski definition) is 5. The number of carbonyl (C=O) groups is 1. The topological polar surface area (TPSA) is 63.2 Å². The molecule has 4 rings (SSSR count). The van der Waals surface area contributed by atoms with Crippen LogP contribution in [0.25, 0.3) is 0 Å². The molecule has 0 bridgehead atoms. The van der Waals surface area contributed by atoms with Gasteiger partial charge in [0.05, 0.1) is 13.3 Å². The van der Waals surface area contributed by atoms with Gasteiger partial charge in [-0.1, -0.05) is 18.2 Å². The maximum atomic E-state index is 13.2. The summed E-state index contributed by atoms with van der Waals surface area (Å²) in [6.07, 6.45) is 6.30. The molecule has 0 unspecified atom stereocenters. The predicted octanol–water partition coefficient (Wildman–Crippen LogP) is 5.51. The lowest BCUT2D eigenvalue weighted by Crippen LogP contribution is -2.19. The van der Waals surface area contributed by atoms with Gasteiger partial charge in [-0.25, -0.2) is 9.82 Å². The zero-order valence-electron chi connectivity index (χ0n) is 20.4. The van der Waals surface area contributed by atoms with E-state index in [4.69, 9.17) is 9.47 Å². The van der Waals surface area contributed by atoms with E-state index in [1.54, 1.807) is 37.6 Å². The third-order valence-electron chi connectivity index (χ3n) is 6.02.